The van der Waals surface area contributed by atoms with E-state index >= 15 is 0 Å². The lowest BCUT2D eigenvalue weighted by atomic mass is 9.86. The van der Waals surface area contributed by atoms with Gasteiger partial charge in [-0.15, -0.1) is 0 Å². The van der Waals surface area contributed by atoms with E-state index in [1.165, 1.54) is 11.1 Å². The van der Waals surface area contributed by atoms with Crippen LogP contribution in [0.15, 0.2) is 42.5 Å². The highest BCUT2D eigenvalue weighted by Gasteiger charge is 2.38. The first-order chi connectivity index (χ1) is 14.4. The Morgan fingerprint density at radius 3 is 2.57 bits per heavy atom. The average molecular weight is 431 g/mol. The van der Waals surface area contributed by atoms with Crippen LogP contribution in [0.25, 0.3) is 0 Å². The smallest absolute Gasteiger partial charge is 0.212 e. The van der Waals surface area contributed by atoms with E-state index in [2.05, 4.69) is 29.6 Å². The Kier molecular flexibility index (Phi) is 6.28. The van der Waals surface area contributed by atoms with Gasteiger partial charge in [-0.05, 0) is 98.2 Å². The van der Waals surface area contributed by atoms with Gasteiger partial charge in [0.2, 0.25) is 10.0 Å². The zero-order valence-corrected chi connectivity index (χ0v) is 18.3. The van der Waals surface area contributed by atoms with Crippen molar-refractivity contribution in [3.8, 4) is 0 Å². The van der Waals surface area contributed by atoms with E-state index in [1.54, 1.807) is 6.07 Å². The molecule has 3 unspecified atom stereocenters. The summed E-state index contributed by atoms with van der Waals surface area (Å²) in [5, 5.41) is 8.18. The molecule has 0 aromatic heterocycles. The van der Waals surface area contributed by atoms with Crippen molar-refractivity contribution >= 4 is 10.0 Å². The number of rotatable bonds is 9. The quantitative estimate of drug-likeness (QED) is 0.639. The molecular weight excluding hydrogens is 399 g/mol. The average Bonchev–Trinajstić information content (AvgIpc) is 3.47. The van der Waals surface area contributed by atoms with Gasteiger partial charge in [-0.3, -0.25) is 0 Å². The summed E-state index contributed by atoms with van der Waals surface area (Å²) < 4.78 is 38.8. The van der Waals surface area contributed by atoms with Gasteiger partial charge in [-0.25, -0.2) is 17.9 Å². The van der Waals surface area contributed by atoms with Gasteiger partial charge in [0.15, 0.2) is 0 Å². The molecule has 6 heteroatoms. The van der Waals surface area contributed by atoms with Crippen LogP contribution in [-0.4, -0.2) is 27.3 Å². The monoisotopic (exact) mass is 430 g/mol. The molecule has 0 radical (unpaired) electrons. The molecule has 0 heterocycles. The number of primary sulfonamides is 1. The van der Waals surface area contributed by atoms with Crippen LogP contribution in [0.2, 0.25) is 0 Å². The summed E-state index contributed by atoms with van der Waals surface area (Å²) in [4.78, 5) is 0. The minimum atomic E-state index is -3.59. The van der Waals surface area contributed by atoms with Crippen molar-refractivity contribution in [2.45, 2.75) is 49.7 Å². The summed E-state index contributed by atoms with van der Waals surface area (Å²) in [7, 11) is -1.64. The molecule has 4 nitrogen and oxygen atoms in total. The summed E-state index contributed by atoms with van der Waals surface area (Å²) in [5.41, 5.74) is 4.20. The second-order valence-electron chi connectivity index (χ2n) is 8.96. The van der Waals surface area contributed by atoms with Crippen LogP contribution in [0, 0.1) is 17.7 Å². The lowest BCUT2D eigenvalue weighted by Gasteiger charge is -2.21. The van der Waals surface area contributed by atoms with Crippen molar-refractivity contribution in [2.75, 3.05) is 13.6 Å². The third-order valence-corrected chi connectivity index (χ3v) is 8.26. The molecule has 1 fully saturated rings. The van der Waals surface area contributed by atoms with Crippen LogP contribution in [-0.2, 0) is 29.3 Å². The van der Waals surface area contributed by atoms with E-state index in [1.807, 2.05) is 19.2 Å². The standard InChI is InChI=1S/C24H31FN2O2S/c1-27-15-20-12-19-14-23(25)18(9-10-24(17-7-8-17)30(26,28)29)13-22(19)21(20)11-16-5-3-2-4-6-16/h2-6,13-14,17,20-21,24,27H,7-12,15H2,1H3,(H2,26,28,29). The first-order valence-corrected chi connectivity index (χ1v) is 12.5. The van der Waals surface area contributed by atoms with Gasteiger partial charge in [-0.2, -0.15) is 0 Å². The molecule has 1 saturated carbocycles. The Morgan fingerprint density at radius 1 is 1.20 bits per heavy atom. The van der Waals surface area contributed by atoms with Crippen molar-refractivity contribution < 1.29 is 12.8 Å². The van der Waals surface area contributed by atoms with E-state index in [-0.39, 0.29) is 11.7 Å². The fraction of sp³-hybridized carbons (Fsp3) is 0.500. The van der Waals surface area contributed by atoms with Crippen molar-refractivity contribution in [3.63, 3.8) is 0 Å². The highest BCUT2D eigenvalue weighted by molar-refractivity contribution is 7.89. The van der Waals surface area contributed by atoms with Gasteiger partial charge in [0.1, 0.15) is 5.82 Å². The lowest BCUT2D eigenvalue weighted by molar-refractivity contribution is 0.436. The fourth-order valence-electron chi connectivity index (χ4n) is 5.13. The molecule has 0 aliphatic heterocycles. The maximum Gasteiger partial charge on any atom is 0.212 e. The summed E-state index contributed by atoms with van der Waals surface area (Å²) in [5.74, 6) is 0.666. The number of halogens is 1. The van der Waals surface area contributed by atoms with E-state index in [9.17, 15) is 12.8 Å². The van der Waals surface area contributed by atoms with E-state index < -0.39 is 15.3 Å². The molecule has 2 aromatic rings. The van der Waals surface area contributed by atoms with Crippen molar-refractivity contribution in [3.05, 3.63) is 70.5 Å². The van der Waals surface area contributed by atoms with Gasteiger partial charge in [0.05, 0.1) is 5.25 Å². The molecule has 30 heavy (non-hydrogen) atoms. The Balaban J connectivity index is 1.58. The fourth-order valence-corrected chi connectivity index (χ4v) is 6.38. The molecule has 3 N–H and O–H groups in total. The molecule has 2 aliphatic carbocycles. The minimum Gasteiger partial charge on any atom is -0.319 e. The maximum atomic E-state index is 14.9. The molecule has 0 spiro atoms. The van der Waals surface area contributed by atoms with Crippen molar-refractivity contribution in [1.82, 2.24) is 5.32 Å². The predicted octanol–water partition coefficient (Wildman–Crippen LogP) is 3.54. The lowest BCUT2D eigenvalue weighted by Crippen LogP contribution is -2.30. The van der Waals surface area contributed by atoms with Crippen LogP contribution in [0.5, 0.6) is 0 Å². The Morgan fingerprint density at radius 2 is 1.93 bits per heavy atom. The number of hydrogen-bond donors (Lipinski definition) is 2. The number of aryl methyl sites for hydroxylation is 1. The molecular formula is C24H31FN2O2S. The summed E-state index contributed by atoms with van der Waals surface area (Å²) in [6, 6.07) is 14.1. The maximum absolute atomic E-state index is 14.9. The van der Waals surface area contributed by atoms with Crippen LogP contribution in [0.3, 0.4) is 0 Å². The molecule has 3 atom stereocenters. The van der Waals surface area contributed by atoms with Crippen LogP contribution < -0.4 is 10.5 Å². The normalized spacial score (nSPS) is 22.1. The predicted molar refractivity (Wildman–Crippen MR) is 118 cm³/mol. The summed E-state index contributed by atoms with van der Waals surface area (Å²) in [6.45, 7) is 0.887. The Hall–Kier alpha value is -1.76. The van der Waals surface area contributed by atoms with Crippen LogP contribution >= 0.6 is 0 Å². The van der Waals surface area contributed by atoms with Gasteiger partial charge < -0.3 is 5.32 Å². The third kappa shape index (κ3) is 4.76. The van der Waals surface area contributed by atoms with Gasteiger partial charge >= 0.3 is 0 Å². The number of fused-ring (bicyclic) bond motifs is 1. The van der Waals surface area contributed by atoms with E-state index in [0.717, 1.165) is 37.8 Å². The summed E-state index contributed by atoms with van der Waals surface area (Å²) in [6.07, 6.45) is 4.39. The Labute approximate surface area is 179 Å². The topological polar surface area (TPSA) is 72.2 Å². The van der Waals surface area contributed by atoms with E-state index in [0.29, 0.717) is 30.2 Å². The SMILES string of the molecule is CNCC1Cc2cc(F)c(CCC(C3CC3)S(N)(=O)=O)cc2C1Cc1ccccc1. The molecule has 0 amide bonds. The van der Waals surface area contributed by atoms with Gasteiger partial charge in [0, 0.05) is 0 Å². The minimum absolute atomic E-state index is 0.142. The highest BCUT2D eigenvalue weighted by atomic mass is 32.2. The zero-order chi connectivity index (χ0) is 21.3. The summed E-state index contributed by atoms with van der Waals surface area (Å²) >= 11 is 0. The highest BCUT2D eigenvalue weighted by Crippen LogP contribution is 2.42. The molecule has 162 valence electrons. The second kappa shape index (κ2) is 8.77. The van der Waals surface area contributed by atoms with E-state index in [4.69, 9.17) is 5.14 Å². The molecule has 2 aliphatic rings. The first kappa shape index (κ1) is 21.5. The second-order valence-corrected chi connectivity index (χ2v) is 10.7. The molecule has 0 saturated heterocycles. The largest absolute Gasteiger partial charge is 0.319 e. The number of sulfonamides is 1. The van der Waals surface area contributed by atoms with Gasteiger partial charge in [0.25, 0.3) is 0 Å². The van der Waals surface area contributed by atoms with Gasteiger partial charge in [-0.1, -0.05) is 36.4 Å². The van der Waals surface area contributed by atoms with Crippen molar-refractivity contribution in [2.24, 2.45) is 17.0 Å². The Bertz CT molecular complexity index is 990. The number of nitrogens with two attached hydrogens (primary N) is 1. The molecule has 4 rings (SSSR count). The molecule has 2 aromatic carbocycles. The number of hydrogen-bond acceptors (Lipinski definition) is 3. The van der Waals surface area contributed by atoms with Crippen LogP contribution in [0.4, 0.5) is 4.39 Å². The zero-order valence-electron chi connectivity index (χ0n) is 17.5. The number of nitrogens with one attached hydrogen (secondary N) is 1. The van der Waals surface area contributed by atoms with Crippen molar-refractivity contribution in [1.29, 1.82) is 0 Å². The third-order valence-electron chi connectivity index (χ3n) is 6.79. The number of benzene rings is 2. The van der Waals surface area contributed by atoms with Crippen LogP contribution in [0.1, 0.15) is 47.4 Å². The molecule has 0 bridgehead atoms. The first-order valence-electron chi connectivity index (χ1n) is 10.9.